The van der Waals surface area contributed by atoms with E-state index in [0.717, 1.165) is 52.8 Å². The number of nitrogens with zero attached hydrogens (tertiary/aromatic N) is 2. The number of rotatable bonds is 6. The molecule has 0 saturated carbocycles. The van der Waals surface area contributed by atoms with Crippen LogP contribution >= 0.6 is 11.3 Å². The number of benzene rings is 1. The van der Waals surface area contributed by atoms with E-state index in [9.17, 15) is 16.8 Å². The van der Waals surface area contributed by atoms with E-state index in [2.05, 4.69) is 18.7 Å². The number of sulfone groups is 1. The summed E-state index contributed by atoms with van der Waals surface area (Å²) in [6.07, 6.45) is 2.12. The van der Waals surface area contributed by atoms with Crippen molar-refractivity contribution in [1.82, 2.24) is 4.31 Å². The van der Waals surface area contributed by atoms with Crippen LogP contribution in [0.15, 0.2) is 44.8 Å². The second-order valence-corrected chi connectivity index (χ2v) is 14.1. The van der Waals surface area contributed by atoms with E-state index < -0.39 is 19.9 Å². The largest absolute Gasteiger partial charge is 0.371 e. The number of anilines is 1. The van der Waals surface area contributed by atoms with E-state index in [1.165, 1.54) is 26.2 Å². The maximum absolute atomic E-state index is 13.0. The third kappa shape index (κ3) is 4.84. The van der Waals surface area contributed by atoms with Crippen LogP contribution in [0.3, 0.4) is 0 Å². The summed E-state index contributed by atoms with van der Waals surface area (Å²) < 4.78 is 51.8. The second kappa shape index (κ2) is 8.02. The molecular weight excluding hydrogens is 428 g/mol. The minimum Gasteiger partial charge on any atom is -0.371 e. The van der Waals surface area contributed by atoms with Gasteiger partial charge in [0.05, 0.1) is 5.75 Å². The first-order valence-corrected chi connectivity index (χ1v) is 13.4. The van der Waals surface area contributed by atoms with Crippen LogP contribution in [0.2, 0.25) is 0 Å². The maximum atomic E-state index is 13.0. The van der Waals surface area contributed by atoms with Crippen molar-refractivity contribution in [3.8, 4) is 0 Å². The summed E-state index contributed by atoms with van der Waals surface area (Å²) in [5.41, 5.74) is 2.00. The van der Waals surface area contributed by atoms with Crippen LogP contribution in [0.25, 0.3) is 0 Å². The lowest BCUT2D eigenvalue weighted by Crippen LogP contribution is -2.37. The van der Waals surface area contributed by atoms with Gasteiger partial charge < -0.3 is 4.90 Å². The van der Waals surface area contributed by atoms with Crippen molar-refractivity contribution in [1.29, 1.82) is 0 Å². The fourth-order valence-electron chi connectivity index (χ4n) is 3.36. The quantitative estimate of drug-likeness (QED) is 0.664. The summed E-state index contributed by atoms with van der Waals surface area (Å²) in [4.78, 5) is 2.26. The predicted molar refractivity (Wildman–Crippen MR) is 118 cm³/mol. The number of thiophene rings is 1. The first-order chi connectivity index (χ1) is 13.4. The Balaban J connectivity index is 1.86. The highest BCUT2D eigenvalue weighted by atomic mass is 32.3. The molecule has 9 heteroatoms. The van der Waals surface area contributed by atoms with E-state index in [4.69, 9.17) is 0 Å². The van der Waals surface area contributed by atoms with Crippen molar-refractivity contribution in [3.63, 3.8) is 0 Å². The standard InChI is InChI=1S/C20H28N2O4S3/c1-20(2)11-13-22(14-12-20)17-8-6-5-7-16(17)15-28(23,24)18-9-10-19(27-18)29(25,26)21(3)4/h5-10H,11-15H2,1-4H3. The lowest BCUT2D eigenvalue weighted by molar-refractivity contribution is 0.279. The molecular formula is C20H28N2O4S3. The molecule has 0 atom stereocenters. The van der Waals surface area contributed by atoms with Gasteiger partial charge in [0.1, 0.15) is 8.42 Å². The Morgan fingerprint density at radius 2 is 1.55 bits per heavy atom. The van der Waals surface area contributed by atoms with E-state index in [1.807, 2.05) is 24.3 Å². The van der Waals surface area contributed by atoms with Gasteiger partial charge in [-0.25, -0.2) is 21.1 Å². The molecule has 0 bridgehead atoms. The zero-order valence-corrected chi connectivity index (χ0v) is 19.7. The summed E-state index contributed by atoms with van der Waals surface area (Å²) in [6.45, 7) is 6.32. The Morgan fingerprint density at radius 1 is 0.966 bits per heavy atom. The maximum Gasteiger partial charge on any atom is 0.252 e. The molecule has 0 spiro atoms. The normalized spacial score (nSPS) is 17.6. The summed E-state index contributed by atoms with van der Waals surface area (Å²) in [6, 6.07) is 10.3. The average Bonchev–Trinajstić information content (AvgIpc) is 3.14. The predicted octanol–water partition coefficient (Wildman–Crippen LogP) is 3.60. The fraction of sp³-hybridized carbons (Fsp3) is 0.500. The highest BCUT2D eigenvalue weighted by Gasteiger charge is 2.28. The van der Waals surface area contributed by atoms with Crippen LogP contribution < -0.4 is 4.90 Å². The fourth-order valence-corrected chi connectivity index (χ4v) is 7.75. The number of hydrogen-bond donors (Lipinski definition) is 0. The lowest BCUT2D eigenvalue weighted by atomic mass is 9.82. The Morgan fingerprint density at radius 3 is 2.17 bits per heavy atom. The molecule has 1 fully saturated rings. The zero-order chi connectivity index (χ0) is 21.4. The topological polar surface area (TPSA) is 74.8 Å². The average molecular weight is 457 g/mol. The van der Waals surface area contributed by atoms with E-state index in [0.29, 0.717) is 5.41 Å². The van der Waals surface area contributed by atoms with Crippen molar-refractivity contribution in [2.75, 3.05) is 32.1 Å². The Hall–Kier alpha value is -1.42. The molecule has 29 heavy (non-hydrogen) atoms. The molecule has 0 aliphatic carbocycles. The molecule has 160 valence electrons. The molecule has 2 heterocycles. The summed E-state index contributed by atoms with van der Waals surface area (Å²) >= 11 is 0.804. The number of para-hydroxylation sites is 1. The minimum atomic E-state index is -3.65. The van der Waals surface area contributed by atoms with E-state index in [1.54, 1.807) is 0 Å². The Labute approximate surface area is 178 Å². The summed E-state index contributed by atoms with van der Waals surface area (Å²) in [5.74, 6) is -0.148. The number of hydrogen-bond acceptors (Lipinski definition) is 6. The van der Waals surface area contributed by atoms with Gasteiger partial charge in [0.15, 0.2) is 9.84 Å². The van der Waals surface area contributed by atoms with Crippen LogP contribution in [0.1, 0.15) is 32.3 Å². The van der Waals surface area contributed by atoms with Gasteiger partial charge in [0, 0.05) is 32.9 Å². The van der Waals surface area contributed by atoms with Gasteiger partial charge >= 0.3 is 0 Å². The molecule has 0 radical (unpaired) electrons. The third-order valence-electron chi connectivity index (χ3n) is 5.39. The smallest absolute Gasteiger partial charge is 0.252 e. The molecule has 1 aromatic carbocycles. The molecule has 2 aromatic rings. The van der Waals surface area contributed by atoms with Crippen LogP contribution in [-0.2, 0) is 25.6 Å². The zero-order valence-electron chi connectivity index (χ0n) is 17.3. The lowest BCUT2D eigenvalue weighted by Gasteiger charge is -2.39. The highest BCUT2D eigenvalue weighted by molar-refractivity contribution is 7.94. The number of sulfonamides is 1. The molecule has 0 N–H and O–H groups in total. The van der Waals surface area contributed by atoms with Gasteiger partial charge in [-0.2, -0.15) is 0 Å². The van der Waals surface area contributed by atoms with Crippen molar-refractivity contribution < 1.29 is 16.8 Å². The third-order valence-corrected chi connectivity index (χ3v) is 11.0. The Kier molecular flexibility index (Phi) is 6.16. The van der Waals surface area contributed by atoms with Crippen molar-refractivity contribution in [3.05, 3.63) is 42.0 Å². The molecule has 0 unspecified atom stereocenters. The highest BCUT2D eigenvalue weighted by Crippen LogP contribution is 2.35. The molecule has 1 aliphatic rings. The van der Waals surface area contributed by atoms with Crippen molar-refractivity contribution in [2.45, 2.75) is 40.9 Å². The molecule has 1 aliphatic heterocycles. The molecule has 6 nitrogen and oxygen atoms in total. The van der Waals surface area contributed by atoms with Gasteiger partial charge in [0.2, 0.25) is 0 Å². The molecule has 1 aromatic heterocycles. The van der Waals surface area contributed by atoms with Gasteiger partial charge in [-0.05, 0) is 42.0 Å². The van der Waals surface area contributed by atoms with Crippen LogP contribution in [0.5, 0.6) is 0 Å². The summed E-state index contributed by atoms with van der Waals surface area (Å²) in [5, 5.41) is 0. The number of piperidine rings is 1. The first kappa shape index (κ1) is 22.3. The van der Waals surface area contributed by atoms with Crippen molar-refractivity contribution >= 4 is 36.9 Å². The van der Waals surface area contributed by atoms with Gasteiger partial charge in [-0.15, -0.1) is 11.3 Å². The molecule has 0 amide bonds. The summed E-state index contributed by atoms with van der Waals surface area (Å²) in [7, 11) is -4.44. The van der Waals surface area contributed by atoms with E-state index >= 15 is 0 Å². The first-order valence-electron chi connectivity index (χ1n) is 9.50. The van der Waals surface area contributed by atoms with Crippen LogP contribution in [-0.4, -0.2) is 48.3 Å². The second-order valence-electron chi connectivity index (χ2n) is 8.40. The molecule has 3 rings (SSSR count). The van der Waals surface area contributed by atoms with Gasteiger partial charge in [-0.1, -0.05) is 32.0 Å². The van der Waals surface area contributed by atoms with Crippen LogP contribution in [0, 0.1) is 5.41 Å². The SMILES string of the molecule is CN(C)S(=O)(=O)c1ccc(S(=O)(=O)Cc2ccccc2N2CCC(C)(C)CC2)s1. The molecule has 1 saturated heterocycles. The van der Waals surface area contributed by atoms with Gasteiger partial charge in [-0.3, -0.25) is 0 Å². The minimum absolute atomic E-state index is 0.0348. The monoisotopic (exact) mass is 456 g/mol. The van der Waals surface area contributed by atoms with Crippen LogP contribution in [0.4, 0.5) is 5.69 Å². The Bertz CT molecular complexity index is 1080. The van der Waals surface area contributed by atoms with E-state index in [-0.39, 0.29) is 14.2 Å². The van der Waals surface area contributed by atoms with Gasteiger partial charge in [0.25, 0.3) is 10.0 Å². The van der Waals surface area contributed by atoms with Crippen molar-refractivity contribution in [2.24, 2.45) is 5.41 Å².